The Balaban J connectivity index is 2.68. The van der Waals surface area contributed by atoms with Gasteiger partial charge in [0.25, 0.3) is 0 Å². The molecule has 6 heteroatoms. The maximum atomic E-state index is 10.7. The van der Waals surface area contributed by atoms with Crippen LogP contribution in [0.2, 0.25) is 0 Å². The van der Waals surface area contributed by atoms with E-state index in [0.29, 0.717) is 11.8 Å². The number of nitrogens with zero attached hydrogens (tertiary/aromatic N) is 2. The van der Waals surface area contributed by atoms with Gasteiger partial charge in [0.2, 0.25) is 11.8 Å². The van der Waals surface area contributed by atoms with Crippen LogP contribution in [-0.2, 0) is 4.79 Å². The molecule has 16 heavy (non-hydrogen) atoms. The van der Waals surface area contributed by atoms with E-state index in [0.717, 1.165) is 0 Å². The Bertz CT molecular complexity index is 370. The predicted molar refractivity (Wildman–Crippen MR) is 58.5 cm³/mol. The van der Waals surface area contributed by atoms with Gasteiger partial charge in [-0.1, -0.05) is 0 Å². The molecule has 0 saturated carbocycles. The largest absolute Gasteiger partial charge is 0.481 e. The van der Waals surface area contributed by atoms with Crippen molar-refractivity contribution in [2.75, 3.05) is 12.4 Å². The van der Waals surface area contributed by atoms with Gasteiger partial charge in [-0.2, -0.15) is 4.98 Å². The molecule has 0 aliphatic carbocycles. The van der Waals surface area contributed by atoms with Crippen LogP contribution in [0.3, 0.4) is 0 Å². The summed E-state index contributed by atoms with van der Waals surface area (Å²) in [5.74, 6) is -0.578. The first kappa shape index (κ1) is 12.2. The summed E-state index contributed by atoms with van der Waals surface area (Å²) in [5.41, 5.74) is 0. The first-order valence-corrected chi connectivity index (χ1v) is 4.91. The first-order valence-electron chi connectivity index (χ1n) is 4.91. The van der Waals surface area contributed by atoms with Crippen molar-refractivity contribution >= 4 is 11.9 Å². The Labute approximate surface area is 93.7 Å². The molecule has 88 valence electrons. The van der Waals surface area contributed by atoms with E-state index < -0.39 is 11.9 Å². The summed E-state index contributed by atoms with van der Waals surface area (Å²) in [4.78, 5) is 18.8. The molecular formula is C10H15N3O3. The second-order valence-corrected chi connectivity index (χ2v) is 3.48. The van der Waals surface area contributed by atoms with Crippen molar-refractivity contribution in [3.05, 3.63) is 12.3 Å². The summed E-state index contributed by atoms with van der Waals surface area (Å²) < 4.78 is 4.94. The molecule has 2 atom stereocenters. The average molecular weight is 225 g/mol. The Morgan fingerprint density at radius 1 is 1.56 bits per heavy atom. The molecule has 1 rings (SSSR count). The van der Waals surface area contributed by atoms with E-state index in [9.17, 15) is 4.79 Å². The number of methoxy groups -OCH3 is 1. The van der Waals surface area contributed by atoms with E-state index in [1.54, 1.807) is 26.1 Å². The van der Waals surface area contributed by atoms with Gasteiger partial charge >= 0.3 is 5.97 Å². The van der Waals surface area contributed by atoms with Crippen molar-refractivity contribution in [2.24, 2.45) is 5.92 Å². The molecule has 0 aromatic carbocycles. The van der Waals surface area contributed by atoms with Crippen LogP contribution in [-0.4, -0.2) is 34.2 Å². The van der Waals surface area contributed by atoms with E-state index in [4.69, 9.17) is 9.84 Å². The number of anilines is 1. The molecular weight excluding hydrogens is 210 g/mol. The Morgan fingerprint density at radius 2 is 2.25 bits per heavy atom. The number of hydrogen-bond acceptors (Lipinski definition) is 5. The number of carboxylic acids is 1. The number of nitrogens with one attached hydrogen (secondary N) is 1. The molecule has 0 bridgehead atoms. The minimum atomic E-state index is -0.858. The number of hydrogen-bond donors (Lipinski definition) is 2. The quantitative estimate of drug-likeness (QED) is 0.777. The average Bonchev–Trinajstić information content (AvgIpc) is 2.28. The smallest absolute Gasteiger partial charge is 0.308 e. The first-order chi connectivity index (χ1) is 7.54. The van der Waals surface area contributed by atoms with Gasteiger partial charge < -0.3 is 15.2 Å². The summed E-state index contributed by atoms with van der Waals surface area (Å²) in [6.07, 6.45) is 1.55. The molecule has 1 aromatic rings. The van der Waals surface area contributed by atoms with Crippen molar-refractivity contribution in [3.63, 3.8) is 0 Å². The molecule has 0 spiro atoms. The normalized spacial score (nSPS) is 13.9. The second-order valence-electron chi connectivity index (χ2n) is 3.48. The van der Waals surface area contributed by atoms with Gasteiger partial charge in [-0.15, -0.1) is 0 Å². The summed E-state index contributed by atoms with van der Waals surface area (Å²) in [6, 6.07) is 1.36. The molecule has 0 amide bonds. The number of aliphatic carboxylic acids is 1. The van der Waals surface area contributed by atoms with Gasteiger partial charge in [-0.25, -0.2) is 4.98 Å². The highest BCUT2D eigenvalue weighted by Crippen LogP contribution is 2.11. The van der Waals surface area contributed by atoms with E-state index in [1.807, 2.05) is 0 Å². The number of aromatic nitrogens is 2. The van der Waals surface area contributed by atoms with Gasteiger partial charge in [0, 0.05) is 18.3 Å². The lowest BCUT2D eigenvalue weighted by molar-refractivity contribution is -0.141. The maximum absolute atomic E-state index is 10.7. The third-order valence-corrected chi connectivity index (χ3v) is 2.34. The van der Waals surface area contributed by atoms with Gasteiger partial charge in [-0.05, 0) is 13.8 Å². The molecule has 2 unspecified atom stereocenters. The molecule has 6 nitrogen and oxygen atoms in total. The summed E-state index contributed by atoms with van der Waals surface area (Å²) in [5, 5.41) is 11.7. The fraction of sp³-hybridized carbons (Fsp3) is 0.500. The minimum Gasteiger partial charge on any atom is -0.481 e. The summed E-state index contributed by atoms with van der Waals surface area (Å²) >= 11 is 0. The summed E-state index contributed by atoms with van der Waals surface area (Å²) in [6.45, 7) is 3.39. The van der Waals surface area contributed by atoms with Crippen molar-refractivity contribution in [2.45, 2.75) is 19.9 Å². The maximum Gasteiger partial charge on any atom is 0.308 e. The Morgan fingerprint density at radius 3 is 2.81 bits per heavy atom. The van der Waals surface area contributed by atoms with E-state index in [-0.39, 0.29) is 6.04 Å². The van der Waals surface area contributed by atoms with Crippen LogP contribution in [0.15, 0.2) is 12.3 Å². The van der Waals surface area contributed by atoms with E-state index in [1.165, 1.54) is 7.11 Å². The lowest BCUT2D eigenvalue weighted by atomic mass is 10.0. The van der Waals surface area contributed by atoms with E-state index in [2.05, 4.69) is 15.3 Å². The molecule has 0 fully saturated rings. The van der Waals surface area contributed by atoms with Gasteiger partial charge in [0.15, 0.2) is 0 Å². The van der Waals surface area contributed by atoms with Crippen LogP contribution in [0.4, 0.5) is 5.95 Å². The van der Waals surface area contributed by atoms with Gasteiger partial charge in [-0.3, -0.25) is 4.79 Å². The lowest BCUT2D eigenvalue weighted by Gasteiger charge is -2.17. The van der Waals surface area contributed by atoms with Crippen LogP contribution in [0.5, 0.6) is 5.88 Å². The highest BCUT2D eigenvalue weighted by Gasteiger charge is 2.19. The minimum absolute atomic E-state index is 0.260. The zero-order valence-corrected chi connectivity index (χ0v) is 9.47. The zero-order chi connectivity index (χ0) is 12.1. The third kappa shape index (κ3) is 3.08. The fourth-order valence-electron chi connectivity index (χ4n) is 1.07. The highest BCUT2D eigenvalue weighted by molar-refractivity contribution is 5.70. The van der Waals surface area contributed by atoms with Crippen LogP contribution < -0.4 is 10.1 Å². The molecule has 1 heterocycles. The highest BCUT2D eigenvalue weighted by atomic mass is 16.5. The number of carbonyl (C=O) groups is 1. The zero-order valence-electron chi connectivity index (χ0n) is 9.47. The van der Waals surface area contributed by atoms with Crippen molar-refractivity contribution in [1.29, 1.82) is 0 Å². The van der Waals surface area contributed by atoms with Crippen molar-refractivity contribution in [1.82, 2.24) is 9.97 Å². The van der Waals surface area contributed by atoms with Crippen molar-refractivity contribution in [3.8, 4) is 5.88 Å². The van der Waals surface area contributed by atoms with Crippen molar-refractivity contribution < 1.29 is 14.6 Å². The molecule has 0 saturated heterocycles. The number of ether oxygens (including phenoxy) is 1. The molecule has 2 N–H and O–H groups in total. The Kier molecular flexibility index (Phi) is 4.04. The van der Waals surface area contributed by atoms with Gasteiger partial charge in [0.1, 0.15) is 0 Å². The van der Waals surface area contributed by atoms with E-state index >= 15 is 0 Å². The standard InChI is InChI=1S/C10H15N3O3/c1-6(9(14)15)7(2)12-10-11-5-4-8(13-10)16-3/h4-7H,1-3H3,(H,14,15)(H,11,12,13). The predicted octanol–water partition coefficient (Wildman–Crippen LogP) is 1.01. The van der Waals surface area contributed by atoms with Gasteiger partial charge in [0.05, 0.1) is 13.0 Å². The molecule has 0 aliphatic heterocycles. The SMILES string of the molecule is COc1ccnc(NC(C)C(C)C(=O)O)n1. The molecule has 1 aromatic heterocycles. The molecule has 0 aliphatic rings. The third-order valence-electron chi connectivity index (χ3n) is 2.34. The number of rotatable bonds is 5. The van der Waals surface area contributed by atoms with Crippen LogP contribution in [0, 0.1) is 5.92 Å². The fourth-order valence-corrected chi connectivity index (χ4v) is 1.07. The summed E-state index contributed by atoms with van der Waals surface area (Å²) in [7, 11) is 1.51. The van der Waals surface area contributed by atoms with Crippen LogP contribution >= 0.6 is 0 Å². The Hall–Kier alpha value is -1.85. The second kappa shape index (κ2) is 5.29. The topological polar surface area (TPSA) is 84.3 Å². The lowest BCUT2D eigenvalue weighted by Crippen LogP contribution is -2.30. The van der Waals surface area contributed by atoms with Crippen LogP contribution in [0.25, 0.3) is 0 Å². The van der Waals surface area contributed by atoms with Crippen LogP contribution in [0.1, 0.15) is 13.8 Å². The number of carboxylic acid groups (broad SMARTS) is 1. The monoisotopic (exact) mass is 225 g/mol. The molecule has 0 radical (unpaired) electrons.